The number of benzene rings is 1. The average molecular weight is 521 g/mol. The van der Waals surface area contributed by atoms with Crippen LogP contribution in [0.3, 0.4) is 0 Å². The van der Waals surface area contributed by atoms with Gasteiger partial charge in [-0.3, -0.25) is 4.99 Å². The summed E-state index contributed by atoms with van der Waals surface area (Å²) in [6.45, 7) is 6.70. The summed E-state index contributed by atoms with van der Waals surface area (Å²) in [6, 6.07) is 4.75. The zero-order valence-electron chi connectivity index (χ0n) is 16.5. The molecule has 1 unspecified atom stereocenters. The third kappa shape index (κ3) is 5.34. The van der Waals surface area contributed by atoms with E-state index < -0.39 is 0 Å². The van der Waals surface area contributed by atoms with Crippen molar-refractivity contribution in [3.63, 3.8) is 0 Å². The number of fused-ring (bicyclic) bond motifs is 1. The highest BCUT2D eigenvalue weighted by Crippen LogP contribution is 2.22. The van der Waals surface area contributed by atoms with Gasteiger partial charge in [0.15, 0.2) is 5.96 Å². The first-order valence-electron chi connectivity index (χ1n) is 9.30. The molecule has 1 N–H and O–H groups in total. The predicted octanol–water partition coefficient (Wildman–Crippen LogP) is 3.66. The van der Waals surface area contributed by atoms with Crippen molar-refractivity contribution >= 4 is 41.5 Å². The minimum atomic E-state index is -0.298. The fraction of sp³-hybridized carbons (Fsp3) is 0.526. The molecule has 0 bridgehead atoms. The highest BCUT2D eigenvalue weighted by atomic mass is 127. The van der Waals surface area contributed by atoms with Gasteiger partial charge >= 0.3 is 0 Å². The van der Waals surface area contributed by atoms with Crippen LogP contribution in [0.1, 0.15) is 30.6 Å². The highest BCUT2D eigenvalue weighted by molar-refractivity contribution is 14.0. The first-order chi connectivity index (χ1) is 13.0. The molecule has 1 atom stereocenters. The number of nitrogens with zero attached hydrogens (tertiary/aromatic N) is 5. The fourth-order valence-corrected chi connectivity index (χ4v) is 3.58. The van der Waals surface area contributed by atoms with E-state index in [4.69, 9.17) is 16.6 Å². The lowest BCUT2D eigenvalue weighted by Crippen LogP contribution is -2.39. The number of aliphatic imine (C=N–C) groups is 1. The van der Waals surface area contributed by atoms with Crippen LogP contribution in [-0.2, 0) is 19.5 Å². The van der Waals surface area contributed by atoms with Gasteiger partial charge in [0, 0.05) is 50.2 Å². The van der Waals surface area contributed by atoms with Crippen LogP contribution < -0.4 is 5.32 Å². The molecule has 3 rings (SSSR count). The molecule has 0 aliphatic carbocycles. The first kappa shape index (κ1) is 22.9. The van der Waals surface area contributed by atoms with Crippen molar-refractivity contribution in [3.05, 3.63) is 46.3 Å². The molecule has 0 saturated carbocycles. The topological polar surface area (TPSA) is 58.3 Å². The summed E-state index contributed by atoms with van der Waals surface area (Å²) in [5.74, 6) is 2.91. The van der Waals surface area contributed by atoms with Crippen molar-refractivity contribution in [1.82, 2.24) is 25.0 Å². The van der Waals surface area contributed by atoms with E-state index in [-0.39, 0.29) is 29.8 Å². The van der Waals surface area contributed by atoms with E-state index in [1.165, 1.54) is 6.07 Å². The van der Waals surface area contributed by atoms with Crippen molar-refractivity contribution in [2.75, 3.05) is 20.1 Å². The lowest BCUT2D eigenvalue weighted by molar-refractivity contribution is 0.366. The quantitative estimate of drug-likeness (QED) is 0.371. The molecule has 0 amide bonds. The molecule has 154 valence electrons. The number of hydrogen-bond donors (Lipinski definition) is 1. The molecule has 0 spiro atoms. The van der Waals surface area contributed by atoms with Crippen LogP contribution >= 0.6 is 35.6 Å². The van der Waals surface area contributed by atoms with Gasteiger partial charge in [0.05, 0.1) is 0 Å². The molecule has 0 saturated heterocycles. The number of aromatic nitrogens is 3. The van der Waals surface area contributed by atoms with E-state index >= 15 is 0 Å². The van der Waals surface area contributed by atoms with Gasteiger partial charge in [0.1, 0.15) is 17.5 Å². The Morgan fingerprint density at radius 2 is 2.21 bits per heavy atom. The van der Waals surface area contributed by atoms with E-state index in [0.717, 1.165) is 43.5 Å². The van der Waals surface area contributed by atoms with Gasteiger partial charge in [0.2, 0.25) is 0 Å². The molecule has 6 nitrogen and oxygen atoms in total. The van der Waals surface area contributed by atoms with Gasteiger partial charge < -0.3 is 14.8 Å². The molecule has 1 aromatic carbocycles. The Balaban J connectivity index is 0.00000280. The van der Waals surface area contributed by atoms with Crippen LogP contribution in [0.5, 0.6) is 0 Å². The van der Waals surface area contributed by atoms with Gasteiger partial charge in [-0.15, -0.1) is 34.2 Å². The second-order valence-electron chi connectivity index (χ2n) is 6.93. The maximum atomic E-state index is 14.1. The lowest BCUT2D eigenvalue weighted by atomic mass is 9.99. The van der Waals surface area contributed by atoms with Crippen LogP contribution in [-0.4, -0.2) is 45.8 Å². The molecule has 28 heavy (non-hydrogen) atoms. The average Bonchev–Trinajstić information content (AvgIpc) is 3.02. The summed E-state index contributed by atoms with van der Waals surface area (Å²) < 4.78 is 16.3. The Bertz CT molecular complexity index is 805. The Morgan fingerprint density at radius 3 is 2.93 bits per heavy atom. The van der Waals surface area contributed by atoms with Gasteiger partial charge in [-0.2, -0.15) is 0 Å². The second-order valence-corrected chi connectivity index (χ2v) is 7.34. The monoisotopic (exact) mass is 520 g/mol. The van der Waals surface area contributed by atoms with E-state index in [1.807, 2.05) is 25.8 Å². The summed E-state index contributed by atoms with van der Waals surface area (Å²) in [5.41, 5.74) is 0.481. The van der Waals surface area contributed by atoms with Gasteiger partial charge in [-0.05, 0) is 38.3 Å². The first-order valence-corrected chi connectivity index (χ1v) is 9.68. The standard InChI is InChI=1S/C19H26ClFN6.HI/c1-4-22-19(26(3)12-15-16(20)6-5-7-17(15)21)23-10-14-8-9-18-25-24-13(2)27(18)11-14;/h5-7,14H,4,8-12H2,1-3H3,(H,22,23);1H. The fourth-order valence-electron chi connectivity index (χ4n) is 3.36. The summed E-state index contributed by atoms with van der Waals surface area (Å²) >= 11 is 6.16. The number of hydrogen-bond acceptors (Lipinski definition) is 3. The van der Waals surface area contributed by atoms with Crippen LogP contribution in [0.2, 0.25) is 5.02 Å². The van der Waals surface area contributed by atoms with Crippen LogP contribution in [0.4, 0.5) is 4.39 Å². The lowest BCUT2D eigenvalue weighted by Gasteiger charge is -2.25. The highest BCUT2D eigenvalue weighted by Gasteiger charge is 2.21. The third-order valence-corrected chi connectivity index (χ3v) is 5.24. The molecule has 0 radical (unpaired) electrons. The maximum Gasteiger partial charge on any atom is 0.193 e. The molecule has 1 aliphatic heterocycles. The molecule has 2 heterocycles. The van der Waals surface area contributed by atoms with Crippen molar-refractivity contribution in [3.8, 4) is 0 Å². The summed E-state index contributed by atoms with van der Waals surface area (Å²) in [5, 5.41) is 12.1. The van der Waals surface area contributed by atoms with Crippen LogP contribution in [0.15, 0.2) is 23.2 Å². The van der Waals surface area contributed by atoms with Crippen molar-refractivity contribution < 1.29 is 4.39 Å². The molecular formula is C19H27ClFIN6. The number of halogens is 3. The van der Waals surface area contributed by atoms with E-state index in [1.54, 1.807) is 12.1 Å². The summed E-state index contributed by atoms with van der Waals surface area (Å²) in [6.07, 6.45) is 1.97. The Morgan fingerprint density at radius 1 is 1.43 bits per heavy atom. The van der Waals surface area contributed by atoms with Gasteiger partial charge in [-0.25, -0.2) is 4.39 Å². The van der Waals surface area contributed by atoms with Crippen molar-refractivity contribution in [1.29, 1.82) is 0 Å². The zero-order chi connectivity index (χ0) is 19.4. The normalized spacial score (nSPS) is 16.3. The van der Waals surface area contributed by atoms with Crippen molar-refractivity contribution in [2.24, 2.45) is 10.9 Å². The van der Waals surface area contributed by atoms with E-state index in [2.05, 4.69) is 20.1 Å². The Hall–Kier alpha value is -1.42. The predicted molar refractivity (Wildman–Crippen MR) is 121 cm³/mol. The maximum absolute atomic E-state index is 14.1. The minimum absolute atomic E-state index is 0. The van der Waals surface area contributed by atoms with E-state index in [0.29, 0.717) is 29.6 Å². The Kier molecular flexibility index (Phi) is 8.48. The van der Waals surface area contributed by atoms with Crippen LogP contribution in [0.25, 0.3) is 0 Å². The van der Waals surface area contributed by atoms with Crippen molar-refractivity contribution in [2.45, 2.75) is 39.8 Å². The van der Waals surface area contributed by atoms with Gasteiger partial charge in [-0.1, -0.05) is 17.7 Å². The minimum Gasteiger partial charge on any atom is -0.357 e. The molecule has 1 aliphatic rings. The second kappa shape index (κ2) is 10.4. The summed E-state index contributed by atoms with van der Waals surface area (Å²) in [4.78, 5) is 6.70. The zero-order valence-corrected chi connectivity index (χ0v) is 19.5. The largest absolute Gasteiger partial charge is 0.357 e. The number of rotatable bonds is 5. The summed E-state index contributed by atoms with van der Waals surface area (Å²) in [7, 11) is 1.90. The van der Waals surface area contributed by atoms with E-state index in [9.17, 15) is 4.39 Å². The number of guanidine groups is 1. The smallest absolute Gasteiger partial charge is 0.193 e. The number of aryl methyl sites for hydroxylation is 2. The van der Waals surface area contributed by atoms with Gasteiger partial charge in [0.25, 0.3) is 0 Å². The SMILES string of the molecule is CCNC(=NCC1CCc2nnc(C)n2C1)N(C)Cc1c(F)cccc1Cl.I. The molecule has 0 fully saturated rings. The number of nitrogens with one attached hydrogen (secondary N) is 1. The third-order valence-electron chi connectivity index (χ3n) is 4.88. The van der Waals surface area contributed by atoms with Crippen LogP contribution in [0, 0.1) is 18.7 Å². The molecular weight excluding hydrogens is 494 g/mol. The molecule has 1 aromatic heterocycles. The molecule has 9 heteroatoms. The molecule has 2 aromatic rings. The Labute approximate surface area is 187 Å².